The van der Waals surface area contributed by atoms with Crippen LogP contribution >= 0.6 is 15.9 Å². The van der Waals surface area contributed by atoms with Crippen molar-refractivity contribution in [3.05, 3.63) is 34.5 Å². The first-order valence-electron chi connectivity index (χ1n) is 12.7. The zero-order valence-electron chi connectivity index (χ0n) is 19.4. The van der Waals surface area contributed by atoms with Gasteiger partial charge in [-0.1, -0.05) is 21.1 Å². The van der Waals surface area contributed by atoms with E-state index in [-0.39, 0.29) is 22.2 Å². The second kappa shape index (κ2) is 7.11. The highest BCUT2D eigenvalue weighted by Crippen LogP contribution is 2.71. The molecule has 0 N–H and O–H groups in total. The smallest absolute Gasteiger partial charge is 0.232 e. The number of nitrogens with zero attached hydrogens (tertiary/aromatic N) is 4. The highest BCUT2D eigenvalue weighted by atomic mass is 79.9. The summed E-state index contributed by atoms with van der Waals surface area (Å²) in [5, 5.41) is 4.28. The number of carbonyl (C=O) groups is 1. The molecule has 8 heteroatoms. The molecule has 1 amide bonds. The van der Waals surface area contributed by atoms with Crippen LogP contribution in [0, 0.1) is 10.8 Å². The van der Waals surface area contributed by atoms with E-state index in [4.69, 9.17) is 9.51 Å². The van der Waals surface area contributed by atoms with E-state index in [2.05, 4.69) is 26.1 Å². The van der Waals surface area contributed by atoms with Gasteiger partial charge in [0, 0.05) is 35.0 Å². The Labute approximate surface area is 207 Å². The Bertz CT molecular complexity index is 1120. The zero-order valence-corrected chi connectivity index (χ0v) is 20.9. The van der Waals surface area contributed by atoms with Crippen molar-refractivity contribution in [3.63, 3.8) is 0 Å². The quantitative estimate of drug-likeness (QED) is 0.439. The highest BCUT2D eigenvalue weighted by Gasteiger charge is 2.69. The summed E-state index contributed by atoms with van der Waals surface area (Å²) in [6.45, 7) is 0.680. The van der Waals surface area contributed by atoms with Crippen LogP contribution in [0.4, 0.5) is 10.2 Å². The van der Waals surface area contributed by atoms with Gasteiger partial charge in [0.1, 0.15) is 11.5 Å². The van der Waals surface area contributed by atoms with Gasteiger partial charge in [0.2, 0.25) is 11.8 Å². The van der Waals surface area contributed by atoms with Gasteiger partial charge in [-0.25, -0.2) is 9.37 Å². The minimum Gasteiger partial charge on any atom is -0.339 e. The zero-order chi connectivity index (χ0) is 23.2. The van der Waals surface area contributed by atoms with Gasteiger partial charge in [0.05, 0.1) is 0 Å². The molecule has 0 saturated heterocycles. The summed E-state index contributed by atoms with van der Waals surface area (Å²) in [4.78, 5) is 24.9. The van der Waals surface area contributed by atoms with Gasteiger partial charge in [-0.05, 0) is 93.6 Å². The topological polar surface area (TPSA) is 72.1 Å². The molecule has 2 heterocycles. The van der Waals surface area contributed by atoms with Crippen molar-refractivity contribution in [2.75, 3.05) is 11.4 Å². The molecule has 9 rings (SSSR count). The minimum atomic E-state index is -0.984. The molecule has 34 heavy (non-hydrogen) atoms. The van der Waals surface area contributed by atoms with Gasteiger partial charge in [-0.15, -0.1) is 0 Å². The number of anilines is 1. The van der Waals surface area contributed by atoms with Gasteiger partial charge in [0.25, 0.3) is 0 Å². The molecule has 0 radical (unpaired) electrons. The van der Waals surface area contributed by atoms with Crippen LogP contribution in [0.2, 0.25) is 0 Å². The third kappa shape index (κ3) is 3.38. The fraction of sp³-hybridized carbons (Fsp3) is 0.692. The van der Waals surface area contributed by atoms with E-state index >= 15 is 0 Å². The average Bonchev–Trinajstić information content (AvgIpc) is 3.53. The highest BCUT2D eigenvalue weighted by molar-refractivity contribution is 9.10. The van der Waals surface area contributed by atoms with Crippen LogP contribution in [0.15, 0.2) is 27.3 Å². The van der Waals surface area contributed by atoms with Crippen molar-refractivity contribution in [3.8, 4) is 0 Å². The lowest BCUT2D eigenvalue weighted by Crippen LogP contribution is -2.65. The van der Waals surface area contributed by atoms with Crippen LogP contribution < -0.4 is 4.90 Å². The molecular weight excluding hydrogens is 499 g/mol. The van der Waals surface area contributed by atoms with E-state index in [0.29, 0.717) is 44.0 Å². The third-order valence-corrected chi connectivity index (χ3v) is 10.1. The predicted octanol–water partition coefficient (Wildman–Crippen LogP) is 6.01. The average molecular weight is 529 g/mol. The van der Waals surface area contributed by atoms with Gasteiger partial charge in [-0.3, -0.25) is 9.69 Å². The van der Waals surface area contributed by atoms with E-state index in [9.17, 15) is 9.18 Å². The van der Waals surface area contributed by atoms with Crippen LogP contribution in [-0.4, -0.2) is 33.2 Å². The Morgan fingerprint density at radius 3 is 2.44 bits per heavy atom. The van der Waals surface area contributed by atoms with Gasteiger partial charge in [-0.2, -0.15) is 4.98 Å². The number of hydrogen-bond donors (Lipinski definition) is 0. The van der Waals surface area contributed by atoms with E-state index < -0.39 is 5.67 Å². The fourth-order valence-electron chi connectivity index (χ4n) is 7.42. The standard InChI is InChI=1S/C26H30BrFN4O2/c27-18-3-10-29-19(11-18)32(20(33)12-24-13-26(28,14-24)15-24)16-23-4-7-25(8-5-23,9-6-23)22-30-21(31-34-22)17-1-2-17/h3,10-11,17H,1-2,4-9,12-16H2. The Morgan fingerprint density at radius 1 is 1.12 bits per heavy atom. The monoisotopic (exact) mass is 528 g/mol. The summed E-state index contributed by atoms with van der Waals surface area (Å²) < 4.78 is 20.8. The maximum Gasteiger partial charge on any atom is 0.232 e. The molecule has 7 aliphatic carbocycles. The number of fused-ring (bicyclic) bond motifs is 3. The first-order valence-corrected chi connectivity index (χ1v) is 13.5. The molecule has 2 aromatic rings. The SMILES string of the molecule is O=C(CC12CC(F)(C1)C2)N(CC12CCC(c3nc(C4CC4)no3)(CC1)CC2)c1cc(Br)ccn1. The first kappa shape index (κ1) is 21.5. The molecule has 6 nitrogen and oxygen atoms in total. The number of hydrogen-bond acceptors (Lipinski definition) is 5. The van der Waals surface area contributed by atoms with Gasteiger partial charge < -0.3 is 4.52 Å². The van der Waals surface area contributed by atoms with Crippen LogP contribution in [-0.2, 0) is 10.2 Å². The van der Waals surface area contributed by atoms with Crippen LogP contribution in [0.5, 0.6) is 0 Å². The predicted molar refractivity (Wildman–Crippen MR) is 127 cm³/mol. The maximum atomic E-state index is 14.1. The molecule has 180 valence electrons. The molecule has 2 aromatic heterocycles. The molecule has 7 saturated carbocycles. The molecule has 7 fully saturated rings. The number of aromatic nitrogens is 3. The van der Waals surface area contributed by atoms with Crippen molar-refractivity contribution in [2.45, 2.75) is 94.1 Å². The lowest BCUT2D eigenvalue weighted by atomic mass is 9.41. The molecule has 0 aromatic carbocycles. The largest absolute Gasteiger partial charge is 0.339 e. The molecule has 4 bridgehead atoms. The van der Waals surface area contributed by atoms with E-state index in [1.54, 1.807) is 6.20 Å². The van der Waals surface area contributed by atoms with Crippen molar-refractivity contribution in [1.82, 2.24) is 15.1 Å². The molecule has 0 unspecified atom stereocenters. The Kier molecular flexibility index (Phi) is 4.49. The van der Waals surface area contributed by atoms with Crippen LogP contribution in [0.3, 0.4) is 0 Å². The molecule has 0 spiro atoms. The summed E-state index contributed by atoms with van der Waals surface area (Å²) in [6.07, 6.45) is 12.4. The molecule has 0 atom stereocenters. The summed E-state index contributed by atoms with van der Waals surface area (Å²) in [7, 11) is 0. The van der Waals surface area contributed by atoms with Gasteiger partial charge >= 0.3 is 0 Å². The van der Waals surface area contributed by atoms with Crippen molar-refractivity contribution in [2.24, 2.45) is 10.8 Å². The lowest BCUT2D eigenvalue weighted by Gasteiger charge is -2.66. The second-order valence-electron chi connectivity index (χ2n) is 12.2. The van der Waals surface area contributed by atoms with Crippen molar-refractivity contribution < 1.29 is 13.7 Å². The fourth-order valence-corrected chi connectivity index (χ4v) is 7.74. The van der Waals surface area contributed by atoms with E-state index in [1.165, 1.54) is 12.8 Å². The van der Waals surface area contributed by atoms with E-state index in [1.807, 2.05) is 17.0 Å². The van der Waals surface area contributed by atoms with Crippen LogP contribution in [0.25, 0.3) is 0 Å². The lowest BCUT2D eigenvalue weighted by molar-refractivity contribution is -0.215. The van der Waals surface area contributed by atoms with E-state index in [0.717, 1.165) is 54.7 Å². The number of amides is 1. The second-order valence-corrected chi connectivity index (χ2v) is 13.1. The number of pyridine rings is 1. The summed E-state index contributed by atoms with van der Waals surface area (Å²) in [5.74, 6) is 3.03. The number of alkyl halides is 1. The van der Waals surface area contributed by atoms with Gasteiger partial charge in [0.15, 0.2) is 5.82 Å². The first-order chi connectivity index (χ1) is 16.3. The summed E-state index contributed by atoms with van der Waals surface area (Å²) in [6, 6.07) is 3.81. The number of rotatable bonds is 7. The maximum absolute atomic E-state index is 14.1. The Morgan fingerprint density at radius 2 is 1.82 bits per heavy atom. The molecule has 7 aliphatic rings. The normalized spacial score (nSPS) is 37.7. The summed E-state index contributed by atoms with van der Waals surface area (Å²) >= 11 is 3.54. The molecular formula is C26H30BrFN4O2. The third-order valence-electron chi connectivity index (χ3n) is 9.62. The molecule has 0 aliphatic heterocycles. The number of halogens is 2. The number of carbonyl (C=O) groups excluding carboxylic acids is 1. The summed E-state index contributed by atoms with van der Waals surface area (Å²) in [5.41, 5.74) is -1.01. The Hall–Kier alpha value is -1.83. The van der Waals surface area contributed by atoms with Crippen molar-refractivity contribution >= 4 is 27.7 Å². The Balaban J connectivity index is 1.10. The van der Waals surface area contributed by atoms with Crippen molar-refractivity contribution in [1.29, 1.82) is 0 Å². The van der Waals surface area contributed by atoms with Crippen LogP contribution in [0.1, 0.15) is 94.7 Å². The minimum absolute atomic E-state index is 0.00599.